The molecule has 51 heavy (non-hydrogen) atoms. The van der Waals surface area contributed by atoms with Crippen molar-refractivity contribution in [3.8, 4) is 0 Å². The fourth-order valence-electron chi connectivity index (χ4n) is 8.82. The van der Waals surface area contributed by atoms with Gasteiger partial charge < -0.3 is 14.0 Å². The van der Waals surface area contributed by atoms with E-state index in [1.165, 1.54) is 16.7 Å². The molecule has 6 atom stereocenters. The van der Waals surface area contributed by atoms with Gasteiger partial charge in [0, 0.05) is 0 Å². The predicted octanol–water partition coefficient (Wildman–Crippen LogP) is 8.40. The van der Waals surface area contributed by atoms with Gasteiger partial charge in [-0.05, 0) is 33.4 Å². The molecule has 4 saturated heterocycles. The molecule has 6 nitrogen and oxygen atoms in total. The first kappa shape index (κ1) is 31.0. The second-order valence-electron chi connectivity index (χ2n) is 13.8. The van der Waals surface area contributed by atoms with Gasteiger partial charge in [-0.25, -0.2) is 0 Å². The SMILES string of the molecule is c1ccc([C@H]2OB3N(B4O[C@H](c5ccccc5)[C@H](c5ccccc5)N4B4O[C@H](c5ccccc5)[C@H](c5ccccc5)N34)[C@H]2c2ccccc2)cc1. The molecule has 0 unspecified atom stereocenters. The third-order valence-electron chi connectivity index (χ3n) is 11.0. The van der Waals surface area contributed by atoms with Gasteiger partial charge in [0.05, 0.1) is 36.4 Å². The number of nitrogens with zero attached hydrogens (tertiary/aromatic N) is 3. The summed E-state index contributed by atoms with van der Waals surface area (Å²) in [5, 5.41) is 0. The van der Waals surface area contributed by atoms with E-state index in [1.807, 2.05) is 0 Å². The largest absolute Gasteiger partial charge is 0.463 e. The molecule has 6 aromatic rings. The Kier molecular flexibility index (Phi) is 7.98. The molecule has 4 aliphatic rings. The maximum absolute atomic E-state index is 7.42. The van der Waals surface area contributed by atoms with Crippen molar-refractivity contribution in [2.75, 3.05) is 0 Å². The van der Waals surface area contributed by atoms with Gasteiger partial charge in [0.2, 0.25) is 0 Å². The third kappa shape index (κ3) is 5.23. The van der Waals surface area contributed by atoms with Crippen LogP contribution in [0.1, 0.15) is 69.8 Å². The summed E-state index contributed by atoms with van der Waals surface area (Å²) in [5.74, 6) is 0. The van der Waals surface area contributed by atoms with Crippen LogP contribution in [0.4, 0.5) is 0 Å². The molecule has 0 radical (unpaired) electrons. The van der Waals surface area contributed by atoms with Crippen molar-refractivity contribution in [2.24, 2.45) is 0 Å². The van der Waals surface area contributed by atoms with Crippen LogP contribution in [0.3, 0.4) is 0 Å². The van der Waals surface area contributed by atoms with Crippen molar-refractivity contribution in [3.05, 3.63) is 215 Å². The molecule has 0 amide bonds. The molecule has 0 bridgehead atoms. The van der Waals surface area contributed by atoms with Gasteiger partial charge in [-0.3, -0.25) is 14.2 Å². The molecule has 246 valence electrons. The smallest absolute Gasteiger partial charge is 0.400 e. The fraction of sp³-hybridized carbons (Fsp3) is 0.143. The lowest BCUT2D eigenvalue weighted by molar-refractivity contribution is 0.181. The Morgan fingerprint density at radius 3 is 0.686 bits per heavy atom. The number of fused-ring (bicyclic) bond motifs is 6. The summed E-state index contributed by atoms with van der Waals surface area (Å²) in [4.78, 5) is 0. The minimum atomic E-state index is -0.448. The summed E-state index contributed by atoms with van der Waals surface area (Å²) >= 11 is 0. The Balaban J connectivity index is 1.21. The maximum Gasteiger partial charge on any atom is 0.463 e. The van der Waals surface area contributed by atoms with Crippen molar-refractivity contribution in [1.29, 1.82) is 0 Å². The first-order chi connectivity index (χ1) is 25.3. The molecular formula is C42H36B3N3O3. The number of hydrogen-bond donors (Lipinski definition) is 0. The second kappa shape index (κ2) is 13.1. The molecule has 0 aliphatic carbocycles. The Labute approximate surface area is 300 Å². The monoisotopic (exact) mass is 663 g/mol. The molecule has 6 aromatic carbocycles. The van der Waals surface area contributed by atoms with Crippen molar-refractivity contribution in [1.82, 2.24) is 14.2 Å². The zero-order valence-electron chi connectivity index (χ0n) is 28.1. The van der Waals surface area contributed by atoms with E-state index in [9.17, 15) is 0 Å². The zero-order valence-corrected chi connectivity index (χ0v) is 28.1. The van der Waals surface area contributed by atoms with Gasteiger partial charge >= 0.3 is 21.6 Å². The van der Waals surface area contributed by atoms with Gasteiger partial charge in [0.1, 0.15) is 0 Å². The van der Waals surface area contributed by atoms with E-state index in [2.05, 4.69) is 196 Å². The first-order valence-corrected chi connectivity index (χ1v) is 17.9. The zero-order chi connectivity index (χ0) is 33.7. The summed E-state index contributed by atoms with van der Waals surface area (Å²) < 4.78 is 29.7. The standard InChI is InChI=1S/C42H36B3N3O3/c1-7-19-31(20-8-1)37-40(34-25-13-4-14-26-34)49-43-46(37)44-48(38(32-21-9-2-10-22-32)41(50-44)35-27-15-5-16-28-35)45-47(43)39(33-23-11-3-12-24-33)42(51-45)36-29-17-6-18-30-36/h1-30,37-42H/t37-,38-,39-,40+,41+,42+/m0/s1. The highest BCUT2D eigenvalue weighted by molar-refractivity contribution is 6.81. The molecular weight excluding hydrogens is 627 g/mol. The van der Waals surface area contributed by atoms with Crippen LogP contribution in [-0.4, -0.2) is 35.7 Å². The molecule has 0 spiro atoms. The fourth-order valence-corrected chi connectivity index (χ4v) is 8.82. The van der Waals surface area contributed by atoms with Gasteiger partial charge in [0.15, 0.2) is 0 Å². The van der Waals surface area contributed by atoms with E-state index in [1.54, 1.807) is 0 Å². The lowest BCUT2D eigenvalue weighted by atomic mass is 9.61. The van der Waals surface area contributed by atoms with Gasteiger partial charge in [-0.2, -0.15) is 0 Å². The van der Waals surface area contributed by atoms with E-state index in [0.29, 0.717) is 0 Å². The molecule has 4 heterocycles. The number of hydrogen-bond acceptors (Lipinski definition) is 6. The van der Waals surface area contributed by atoms with Crippen LogP contribution in [0.15, 0.2) is 182 Å². The van der Waals surface area contributed by atoms with E-state index in [-0.39, 0.29) is 36.4 Å². The summed E-state index contributed by atoms with van der Waals surface area (Å²) in [6.07, 6.45) is -0.747. The Hall–Kier alpha value is -4.73. The van der Waals surface area contributed by atoms with E-state index >= 15 is 0 Å². The molecule has 0 aromatic heterocycles. The molecule has 4 aliphatic heterocycles. The van der Waals surface area contributed by atoms with Crippen LogP contribution in [0.5, 0.6) is 0 Å². The summed E-state index contributed by atoms with van der Waals surface area (Å²) in [5.41, 5.74) is 6.97. The van der Waals surface area contributed by atoms with E-state index in [4.69, 9.17) is 14.0 Å². The number of rotatable bonds is 6. The van der Waals surface area contributed by atoms with Crippen LogP contribution >= 0.6 is 0 Å². The lowest BCUT2D eigenvalue weighted by Crippen LogP contribution is -2.74. The number of benzene rings is 6. The Morgan fingerprint density at radius 1 is 0.275 bits per heavy atom. The highest BCUT2D eigenvalue weighted by atomic mass is 16.5. The van der Waals surface area contributed by atoms with Crippen molar-refractivity contribution < 1.29 is 14.0 Å². The van der Waals surface area contributed by atoms with Gasteiger partial charge in [-0.15, -0.1) is 0 Å². The van der Waals surface area contributed by atoms with Crippen LogP contribution in [0, 0.1) is 0 Å². The highest BCUT2D eigenvalue weighted by Crippen LogP contribution is 2.58. The van der Waals surface area contributed by atoms with Crippen LogP contribution in [-0.2, 0) is 14.0 Å². The second-order valence-corrected chi connectivity index (χ2v) is 13.8. The predicted molar refractivity (Wildman–Crippen MR) is 201 cm³/mol. The van der Waals surface area contributed by atoms with Crippen LogP contribution in [0.25, 0.3) is 0 Å². The van der Waals surface area contributed by atoms with Crippen molar-refractivity contribution in [3.63, 3.8) is 0 Å². The summed E-state index contributed by atoms with van der Waals surface area (Å²) in [6.45, 7) is 0. The first-order valence-electron chi connectivity index (χ1n) is 17.9. The molecule has 4 fully saturated rings. The molecule has 9 heteroatoms. The van der Waals surface area contributed by atoms with Crippen molar-refractivity contribution in [2.45, 2.75) is 36.4 Å². The Bertz CT molecular complexity index is 1820. The summed E-state index contributed by atoms with van der Waals surface area (Å²) in [6, 6.07) is 63.9. The minimum absolute atomic E-state index is 0.134. The normalized spacial score (nSPS) is 26.2. The van der Waals surface area contributed by atoms with E-state index in [0.717, 1.165) is 16.7 Å². The topological polar surface area (TPSA) is 37.4 Å². The third-order valence-corrected chi connectivity index (χ3v) is 11.0. The van der Waals surface area contributed by atoms with Crippen LogP contribution in [0.2, 0.25) is 0 Å². The Morgan fingerprint density at radius 2 is 0.471 bits per heavy atom. The maximum atomic E-state index is 7.42. The minimum Gasteiger partial charge on any atom is -0.400 e. The quantitative estimate of drug-likeness (QED) is 0.167. The summed E-state index contributed by atoms with van der Waals surface area (Å²) in [7, 11) is -1.34. The lowest BCUT2D eigenvalue weighted by Gasteiger charge is -2.46. The van der Waals surface area contributed by atoms with Crippen LogP contribution < -0.4 is 0 Å². The molecule has 10 rings (SSSR count). The average Bonchev–Trinajstić information content (AvgIpc) is 3.92. The van der Waals surface area contributed by atoms with Crippen molar-refractivity contribution >= 4 is 21.6 Å². The van der Waals surface area contributed by atoms with Gasteiger partial charge in [-0.1, -0.05) is 182 Å². The average molecular weight is 663 g/mol. The molecule has 0 saturated carbocycles. The van der Waals surface area contributed by atoms with E-state index < -0.39 is 21.6 Å². The molecule has 0 N–H and O–H groups in total. The van der Waals surface area contributed by atoms with Gasteiger partial charge in [0.25, 0.3) is 0 Å². The highest BCUT2D eigenvalue weighted by Gasteiger charge is 2.73.